The lowest BCUT2D eigenvalue weighted by atomic mass is 10.1. The molecule has 1 heterocycles. The molecular formula is C15H15F3N4OS. The number of anilines is 2. The summed E-state index contributed by atoms with van der Waals surface area (Å²) in [6.07, 6.45) is -4.55. The molecule has 3 N–H and O–H groups in total. The Hall–Kier alpha value is -2.29. The molecule has 1 aromatic heterocycles. The zero-order valence-corrected chi connectivity index (χ0v) is 13.7. The van der Waals surface area contributed by atoms with E-state index in [2.05, 4.69) is 15.3 Å². The van der Waals surface area contributed by atoms with E-state index in [-0.39, 0.29) is 11.5 Å². The molecule has 0 aliphatic heterocycles. The Morgan fingerprint density at radius 3 is 2.58 bits per heavy atom. The molecule has 0 saturated heterocycles. The van der Waals surface area contributed by atoms with Gasteiger partial charge in [-0.1, -0.05) is 23.9 Å². The number of halogens is 3. The lowest BCUT2D eigenvalue weighted by Crippen LogP contribution is -2.24. The molecule has 0 unspecified atom stereocenters. The Labute approximate surface area is 140 Å². The Morgan fingerprint density at radius 1 is 1.29 bits per heavy atom. The number of nitrogens with zero attached hydrogens (tertiary/aromatic N) is 2. The van der Waals surface area contributed by atoms with E-state index in [1.807, 2.05) is 0 Å². The highest BCUT2D eigenvalue weighted by atomic mass is 32.2. The number of amides is 1. The molecule has 0 radical (unpaired) electrons. The number of hydrogen-bond acceptors (Lipinski definition) is 5. The number of benzene rings is 1. The molecule has 0 aliphatic rings. The summed E-state index contributed by atoms with van der Waals surface area (Å²) in [6.45, 7) is 3.28. The van der Waals surface area contributed by atoms with Gasteiger partial charge >= 0.3 is 6.18 Å². The summed E-state index contributed by atoms with van der Waals surface area (Å²) in [7, 11) is 0. The third-order valence-electron chi connectivity index (χ3n) is 3.00. The first-order valence-electron chi connectivity index (χ1n) is 6.91. The van der Waals surface area contributed by atoms with Gasteiger partial charge in [0, 0.05) is 11.8 Å². The summed E-state index contributed by atoms with van der Waals surface area (Å²) < 4.78 is 38.8. The van der Waals surface area contributed by atoms with Gasteiger partial charge in [-0.2, -0.15) is 13.2 Å². The summed E-state index contributed by atoms with van der Waals surface area (Å²) in [5, 5.41) is 1.89. The topological polar surface area (TPSA) is 80.9 Å². The molecule has 128 valence electrons. The van der Waals surface area contributed by atoms with Crippen molar-refractivity contribution in [2.24, 2.45) is 0 Å². The average molecular weight is 356 g/mol. The van der Waals surface area contributed by atoms with Crippen LogP contribution in [0.25, 0.3) is 0 Å². The van der Waals surface area contributed by atoms with Crippen LogP contribution in [0, 0.1) is 6.92 Å². The number of aromatic nitrogens is 2. The Bertz CT molecular complexity index is 731. The van der Waals surface area contributed by atoms with Gasteiger partial charge in [0.2, 0.25) is 5.91 Å². The number of alkyl halides is 3. The second kappa shape index (κ2) is 7.08. The normalized spacial score (nSPS) is 12.7. The van der Waals surface area contributed by atoms with E-state index in [1.165, 1.54) is 18.2 Å². The first-order valence-corrected chi connectivity index (χ1v) is 7.79. The first kappa shape index (κ1) is 18.1. The molecule has 2 aromatic rings. The van der Waals surface area contributed by atoms with Crippen molar-refractivity contribution in [1.82, 2.24) is 9.97 Å². The number of para-hydroxylation sites is 1. The summed E-state index contributed by atoms with van der Waals surface area (Å²) in [6, 6.07) is 6.39. The van der Waals surface area contributed by atoms with Crippen LogP contribution < -0.4 is 11.1 Å². The number of hydrogen-bond donors (Lipinski definition) is 2. The van der Waals surface area contributed by atoms with E-state index in [1.54, 1.807) is 19.9 Å². The van der Waals surface area contributed by atoms with Gasteiger partial charge in [0.05, 0.1) is 16.5 Å². The van der Waals surface area contributed by atoms with Gasteiger partial charge in [0.25, 0.3) is 0 Å². The number of aryl methyl sites for hydroxylation is 1. The molecular weight excluding hydrogens is 341 g/mol. The maximum absolute atomic E-state index is 12.9. The highest BCUT2D eigenvalue weighted by molar-refractivity contribution is 8.00. The Balaban J connectivity index is 2.12. The third kappa shape index (κ3) is 4.60. The van der Waals surface area contributed by atoms with Crippen LogP contribution >= 0.6 is 11.8 Å². The predicted molar refractivity (Wildman–Crippen MR) is 86.6 cm³/mol. The molecule has 9 heteroatoms. The van der Waals surface area contributed by atoms with E-state index in [0.29, 0.717) is 10.9 Å². The van der Waals surface area contributed by atoms with Crippen LogP contribution in [0.1, 0.15) is 18.2 Å². The van der Waals surface area contributed by atoms with E-state index in [0.717, 1.165) is 17.8 Å². The molecule has 2 rings (SSSR count). The summed E-state index contributed by atoms with van der Waals surface area (Å²) in [5.41, 5.74) is 5.07. The van der Waals surface area contributed by atoms with Crippen molar-refractivity contribution in [3.8, 4) is 0 Å². The van der Waals surface area contributed by atoms with Crippen molar-refractivity contribution < 1.29 is 18.0 Å². The molecule has 0 spiro atoms. The Kier molecular flexibility index (Phi) is 5.33. The highest BCUT2D eigenvalue weighted by Crippen LogP contribution is 2.35. The summed E-state index contributed by atoms with van der Waals surface area (Å²) >= 11 is 1.02. The number of carbonyl (C=O) groups is 1. The smallest absolute Gasteiger partial charge is 0.384 e. The van der Waals surface area contributed by atoms with Crippen molar-refractivity contribution in [2.45, 2.75) is 30.4 Å². The minimum Gasteiger partial charge on any atom is -0.384 e. The van der Waals surface area contributed by atoms with E-state index < -0.39 is 22.9 Å². The molecule has 0 bridgehead atoms. The minimum atomic E-state index is -4.55. The quantitative estimate of drug-likeness (QED) is 0.647. The minimum absolute atomic E-state index is 0.264. The molecule has 1 amide bonds. The summed E-state index contributed by atoms with van der Waals surface area (Å²) in [4.78, 5) is 20.3. The Morgan fingerprint density at radius 2 is 1.96 bits per heavy atom. The van der Waals surface area contributed by atoms with Crippen LogP contribution in [-0.4, -0.2) is 21.1 Å². The molecule has 1 aromatic carbocycles. The van der Waals surface area contributed by atoms with Gasteiger partial charge in [0.1, 0.15) is 5.82 Å². The van der Waals surface area contributed by atoms with Crippen molar-refractivity contribution >= 4 is 29.2 Å². The van der Waals surface area contributed by atoms with Crippen LogP contribution in [0.15, 0.2) is 35.5 Å². The lowest BCUT2D eigenvalue weighted by Gasteiger charge is -2.16. The second-order valence-corrected chi connectivity index (χ2v) is 6.32. The van der Waals surface area contributed by atoms with Crippen LogP contribution in [0.3, 0.4) is 0 Å². The van der Waals surface area contributed by atoms with Gasteiger partial charge < -0.3 is 11.1 Å². The van der Waals surface area contributed by atoms with Crippen LogP contribution in [0.4, 0.5) is 24.7 Å². The second-order valence-electron chi connectivity index (χ2n) is 5.01. The van der Waals surface area contributed by atoms with E-state index in [9.17, 15) is 18.0 Å². The van der Waals surface area contributed by atoms with Crippen molar-refractivity contribution in [2.75, 3.05) is 11.1 Å². The maximum atomic E-state index is 12.9. The van der Waals surface area contributed by atoms with Crippen LogP contribution in [0.5, 0.6) is 0 Å². The number of nitrogens with one attached hydrogen (secondary N) is 1. The van der Waals surface area contributed by atoms with Gasteiger partial charge in [-0.25, -0.2) is 9.97 Å². The van der Waals surface area contributed by atoms with Crippen LogP contribution in [0.2, 0.25) is 0 Å². The molecule has 1 atom stereocenters. The number of thioether (sulfide) groups is 1. The summed E-state index contributed by atoms with van der Waals surface area (Å²) in [5.74, 6) is -0.319. The fourth-order valence-corrected chi connectivity index (χ4v) is 2.74. The first-order chi connectivity index (χ1) is 11.2. The van der Waals surface area contributed by atoms with Crippen molar-refractivity contribution in [1.29, 1.82) is 0 Å². The largest absolute Gasteiger partial charge is 0.418 e. The lowest BCUT2D eigenvalue weighted by molar-refractivity contribution is -0.137. The number of nitrogens with two attached hydrogens (primary N) is 1. The van der Waals surface area contributed by atoms with Gasteiger partial charge in [-0.3, -0.25) is 4.79 Å². The van der Waals surface area contributed by atoms with Crippen LogP contribution in [-0.2, 0) is 11.0 Å². The fourth-order valence-electron chi connectivity index (χ4n) is 1.90. The average Bonchev–Trinajstić information content (AvgIpc) is 2.45. The maximum Gasteiger partial charge on any atom is 0.418 e. The molecule has 0 aliphatic carbocycles. The fraction of sp³-hybridized carbons (Fsp3) is 0.267. The number of rotatable bonds is 4. The molecule has 5 nitrogen and oxygen atoms in total. The van der Waals surface area contributed by atoms with E-state index >= 15 is 0 Å². The zero-order valence-electron chi connectivity index (χ0n) is 12.9. The van der Waals surface area contributed by atoms with E-state index in [4.69, 9.17) is 5.73 Å². The highest BCUT2D eigenvalue weighted by Gasteiger charge is 2.33. The molecule has 0 fully saturated rings. The standard InChI is InChI=1S/C15H15F3N4OS/c1-8-7-12(19)22-14(20-8)24-9(2)13(23)21-11-6-4-3-5-10(11)15(16,17)18/h3-7,9H,1-2H3,(H,21,23)(H2,19,20,22)/t9-/m0/s1. The van der Waals surface area contributed by atoms with Gasteiger partial charge in [-0.15, -0.1) is 0 Å². The number of nitrogen functional groups attached to an aromatic ring is 1. The van der Waals surface area contributed by atoms with Crippen molar-refractivity contribution in [3.63, 3.8) is 0 Å². The number of carbonyl (C=O) groups excluding carboxylic acids is 1. The van der Waals surface area contributed by atoms with Gasteiger partial charge in [-0.05, 0) is 26.0 Å². The third-order valence-corrected chi connectivity index (χ3v) is 3.96. The van der Waals surface area contributed by atoms with Gasteiger partial charge in [0.15, 0.2) is 5.16 Å². The zero-order chi connectivity index (χ0) is 17.9. The molecule has 0 saturated carbocycles. The molecule has 24 heavy (non-hydrogen) atoms. The van der Waals surface area contributed by atoms with Crippen molar-refractivity contribution in [3.05, 3.63) is 41.6 Å². The SMILES string of the molecule is Cc1cc(N)nc(S[C@@H](C)C(=O)Nc2ccccc2C(F)(F)F)n1. The predicted octanol–water partition coefficient (Wildman–Crippen LogP) is 3.51. The monoisotopic (exact) mass is 356 g/mol.